The Balaban J connectivity index is 2.89. The summed E-state index contributed by atoms with van der Waals surface area (Å²) in [4.78, 5) is 0. The number of nitrogens with one attached hydrogen (secondary N) is 1. The van der Waals surface area contributed by atoms with Gasteiger partial charge in [0.1, 0.15) is 11.6 Å². The van der Waals surface area contributed by atoms with Crippen LogP contribution in [0.5, 0.6) is 0 Å². The Labute approximate surface area is 114 Å². The van der Waals surface area contributed by atoms with Crippen LogP contribution in [0.1, 0.15) is 49.8 Å². The first-order valence-electron chi connectivity index (χ1n) is 6.72. The summed E-state index contributed by atoms with van der Waals surface area (Å²) < 4.78 is 27.2. The van der Waals surface area contributed by atoms with Gasteiger partial charge in [-0.1, -0.05) is 6.92 Å². The van der Waals surface area contributed by atoms with Gasteiger partial charge >= 0.3 is 0 Å². The lowest BCUT2D eigenvalue weighted by Crippen LogP contribution is -2.23. The summed E-state index contributed by atoms with van der Waals surface area (Å²) >= 11 is 0. The number of benzene rings is 1. The molecule has 3 heteroatoms. The lowest BCUT2D eigenvalue weighted by atomic mass is 9.98. The van der Waals surface area contributed by atoms with Gasteiger partial charge in [-0.2, -0.15) is 0 Å². The second-order valence-electron chi connectivity index (χ2n) is 4.73. The molecule has 104 valence electrons. The van der Waals surface area contributed by atoms with Crippen molar-refractivity contribution in [3.63, 3.8) is 0 Å². The fourth-order valence-electron chi connectivity index (χ4n) is 2.04. The molecule has 1 aromatic rings. The monoisotopic (exact) mass is 265 g/mol. The summed E-state index contributed by atoms with van der Waals surface area (Å²) in [5.74, 6) is 1.59. The van der Waals surface area contributed by atoms with Gasteiger partial charge in [0.05, 0.1) is 0 Å². The zero-order valence-corrected chi connectivity index (χ0v) is 11.6. The molecule has 0 aliphatic carbocycles. The number of rotatable bonds is 7. The van der Waals surface area contributed by atoms with Crippen LogP contribution in [-0.4, -0.2) is 6.54 Å². The summed E-state index contributed by atoms with van der Waals surface area (Å²) in [6.45, 7) is 4.50. The van der Waals surface area contributed by atoms with E-state index >= 15 is 0 Å². The van der Waals surface area contributed by atoms with Gasteiger partial charge in [0, 0.05) is 24.1 Å². The summed E-state index contributed by atoms with van der Waals surface area (Å²) in [5.41, 5.74) is 1.00. The number of terminal acetylenes is 1. The zero-order chi connectivity index (χ0) is 14.3. The predicted molar refractivity (Wildman–Crippen MR) is 74.8 cm³/mol. The maximum atomic E-state index is 13.9. The molecule has 1 nitrogen and oxygen atoms in total. The predicted octanol–water partition coefficient (Wildman–Crippen LogP) is 4.12. The Bertz CT molecular complexity index is 449. The SMILES string of the molecule is C#CCCCC(NCCC)c1cc(C)c(F)cc1F. The van der Waals surface area contributed by atoms with Crippen molar-refractivity contribution in [2.75, 3.05) is 6.54 Å². The third-order valence-corrected chi connectivity index (χ3v) is 3.11. The van der Waals surface area contributed by atoms with Crippen LogP contribution in [0.15, 0.2) is 12.1 Å². The Kier molecular flexibility index (Phi) is 6.52. The standard InChI is InChI=1S/C16H21F2N/c1-4-6-7-8-16(19-9-5-2)13-10-12(3)14(17)11-15(13)18/h1,10-11,16,19H,5-9H2,2-3H3. The molecular weight excluding hydrogens is 244 g/mol. The second-order valence-corrected chi connectivity index (χ2v) is 4.73. The summed E-state index contributed by atoms with van der Waals surface area (Å²) in [5, 5.41) is 3.30. The molecule has 0 saturated carbocycles. The van der Waals surface area contributed by atoms with E-state index < -0.39 is 11.6 Å². The molecule has 0 saturated heterocycles. The van der Waals surface area contributed by atoms with Crippen molar-refractivity contribution in [2.24, 2.45) is 0 Å². The molecule has 19 heavy (non-hydrogen) atoms. The number of hydrogen-bond donors (Lipinski definition) is 1. The zero-order valence-electron chi connectivity index (χ0n) is 11.6. The topological polar surface area (TPSA) is 12.0 Å². The third kappa shape index (κ3) is 4.65. The third-order valence-electron chi connectivity index (χ3n) is 3.11. The summed E-state index contributed by atoms with van der Waals surface area (Å²) in [6.07, 6.45) is 8.46. The number of aryl methyl sites for hydroxylation is 1. The van der Waals surface area contributed by atoms with Crippen molar-refractivity contribution >= 4 is 0 Å². The smallest absolute Gasteiger partial charge is 0.130 e. The molecule has 1 unspecified atom stereocenters. The van der Waals surface area contributed by atoms with Gasteiger partial charge in [-0.3, -0.25) is 0 Å². The number of hydrogen-bond acceptors (Lipinski definition) is 1. The number of halogens is 2. The van der Waals surface area contributed by atoms with Gasteiger partial charge in [-0.15, -0.1) is 12.3 Å². The Morgan fingerprint density at radius 3 is 2.68 bits per heavy atom. The van der Waals surface area contributed by atoms with Gasteiger partial charge in [0.2, 0.25) is 0 Å². The molecule has 0 amide bonds. The Morgan fingerprint density at radius 2 is 2.05 bits per heavy atom. The van der Waals surface area contributed by atoms with Crippen LogP contribution >= 0.6 is 0 Å². The maximum Gasteiger partial charge on any atom is 0.130 e. The number of unbranched alkanes of at least 4 members (excludes halogenated alkanes) is 1. The fraction of sp³-hybridized carbons (Fsp3) is 0.500. The lowest BCUT2D eigenvalue weighted by Gasteiger charge is -2.20. The van der Waals surface area contributed by atoms with Crippen molar-refractivity contribution < 1.29 is 8.78 Å². The second kappa shape index (κ2) is 7.91. The molecule has 1 N–H and O–H groups in total. The molecule has 1 atom stereocenters. The van der Waals surface area contributed by atoms with E-state index in [1.807, 2.05) is 0 Å². The van der Waals surface area contributed by atoms with Crippen LogP contribution in [0.3, 0.4) is 0 Å². The Morgan fingerprint density at radius 1 is 1.32 bits per heavy atom. The molecular formula is C16H21F2N. The van der Waals surface area contributed by atoms with Crippen LogP contribution in [0.25, 0.3) is 0 Å². The van der Waals surface area contributed by atoms with Crippen molar-refractivity contribution in [3.05, 3.63) is 34.9 Å². The minimum atomic E-state index is -0.501. The first-order chi connectivity index (χ1) is 9.10. The molecule has 0 fully saturated rings. The average molecular weight is 265 g/mol. The average Bonchev–Trinajstić information content (AvgIpc) is 2.38. The normalized spacial score (nSPS) is 12.2. The molecule has 1 aromatic carbocycles. The van der Waals surface area contributed by atoms with Crippen molar-refractivity contribution in [3.8, 4) is 12.3 Å². The van der Waals surface area contributed by atoms with Crippen LogP contribution in [0.2, 0.25) is 0 Å². The van der Waals surface area contributed by atoms with Crippen molar-refractivity contribution in [1.82, 2.24) is 5.32 Å². The van der Waals surface area contributed by atoms with Crippen LogP contribution in [-0.2, 0) is 0 Å². The molecule has 0 heterocycles. The van der Waals surface area contributed by atoms with E-state index in [-0.39, 0.29) is 6.04 Å². The van der Waals surface area contributed by atoms with E-state index in [4.69, 9.17) is 6.42 Å². The van der Waals surface area contributed by atoms with Gasteiger partial charge in [-0.25, -0.2) is 8.78 Å². The van der Waals surface area contributed by atoms with Gasteiger partial charge < -0.3 is 5.32 Å². The van der Waals surface area contributed by atoms with Gasteiger partial charge in [0.25, 0.3) is 0 Å². The fourth-order valence-corrected chi connectivity index (χ4v) is 2.04. The van der Waals surface area contributed by atoms with Gasteiger partial charge in [0.15, 0.2) is 0 Å². The highest BCUT2D eigenvalue weighted by Gasteiger charge is 2.16. The minimum Gasteiger partial charge on any atom is -0.310 e. The van der Waals surface area contributed by atoms with Gasteiger partial charge in [-0.05, 0) is 44.4 Å². The largest absolute Gasteiger partial charge is 0.310 e. The minimum absolute atomic E-state index is 0.104. The highest BCUT2D eigenvalue weighted by atomic mass is 19.1. The van der Waals surface area contributed by atoms with E-state index in [1.165, 1.54) is 0 Å². The van der Waals surface area contributed by atoms with E-state index in [0.717, 1.165) is 31.9 Å². The molecule has 0 aliphatic rings. The molecule has 0 aromatic heterocycles. The van der Waals surface area contributed by atoms with E-state index in [1.54, 1.807) is 13.0 Å². The van der Waals surface area contributed by atoms with Crippen molar-refractivity contribution in [2.45, 2.75) is 45.6 Å². The maximum absolute atomic E-state index is 13.9. The molecule has 1 rings (SSSR count). The first-order valence-corrected chi connectivity index (χ1v) is 6.72. The van der Waals surface area contributed by atoms with E-state index in [9.17, 15) is 8.78 Å². The highest BCUT2D eigenvalue weighted by molar-refractivity contribution is 5.28. The Hall–Kier alpha value is -1.40. The molecule has 0 bridgehead atoms. The quantitative estimate of drug-likeness (QED) is 0.577. The van der Waals surface area contributed by atoms with E-state index in [0.29, 0.717) is 17.5 Å². The van der Waals surface area contributed by atoms with E-state index in [2.05, 4.69) is 18.2 Å². The summed E-state index contributed by atoms with van der Waals surface area (Å²) in [7, 11) is 0. The van der Waals surface area contributed by atoms with Crippen LogP contribution < -0.4 is 5.32 Å². The van der Waals surface area contributed by atoms with Crippen LogP contribution in [0, 0.1) is 30.9 Å². The van der Waals surface area contributed by atoms with Crippen LogP contribution in [0.4, 0.5) is 8.78 Å². The molecule has 0 spiro atoms. The first kappa shape index (κ1) is 15.7. The lowest BCUT2D eigenvalue weighted by molar-refractivity contribution is 0.460. The summed E-state index contributed by atoms with van der Waals surface area (Å²) in [6, 6.07) is 2.45. The van der Waals surface area contributed by atoms with Crippen molar-refractivity contribution in [1.29, 1.82) is 0 Å². The molecule has 0 radical (unpaired) electrons. The highest BCUT2D eigenvalue weighted by Crippen LogP contribution is 2.24. The molecule has 0 aliphatic heterocycles.